The molecule has 36 heavy (non-hydrogen) atoms. The maximum absolute atomic E-state index is 13.4. The van der Waals surface area contributed by atoms with Crippen molar-refractivity contribution in [2.75, 3.05) is 19.5 Å². The highest BCUT2D eigenvalue weighted by Crippen LogP contribution is 2.32. The van der Waals surface area contributed by atoms with Crippen LogP contribution < -0.4 is 30.2 Å². The highest BCUT2D eigenvalue weighted by atomic mass is 35.5. The van der Waals surface area contributed by atoms with Gasteiger partial charge < -0.3 is 30.2 Å². The van der Waals surface area contributed by atoms with Crippen molar-refractivity contribution in [1.82, 2.24) is 10.6 Å². The van der Waals surface area contributed by atoms with Crippen LogP contribution in [0.4, 0.5) is 5.69 Å². The quantitative estimate of drug-likeness (QED) is 0.342. The first-order chi connectivity index (χ1) is 17.4. The van der Waals surface area contributed by atoms with Crippen LogP contribution in [0.3, 0.4) is 0 Å². The average molecular weight is 524 g/mol. The third kappa shape index (κ3) is 5.90. The molecule has 1 atom stereocenters. The molecule has 0 fully saturated rings. The molecule has 0 bridgehead atoms. The minimum Gasteiger partial charge on any atom is -0.497 e. The normalized spacial score (nSPS) is 15.0. The number of carbonyl (C=O) groups is 1. The zero-order chi connectivity index (χ0) is 25.7. The Morgan fingerprint density at radius 3 is 2.36 bits per heavy atom. The highest BCUT2D eigenvalue weighted by Gasteiger charge is 2.30. The van der Waals surface area contributed by atoms with Gasteiger partial charge in [-0.05, 0) is 66.7 Å². The lowest BCUT2D eigenvalue weighted by molar-refractivity contribution is -0.113. The first-order valence-corrected chi connectivity index (χ1v) is 12.0. The molecule has 0 saturated carbocycles. The second-order valence-corrected chi connectivity index (χ2v) is 8.92. The molecular weight excluding hydrogens is 498 g/mol. The number of hydrogen-bond acceptors (Lipinski definition) is 5. The summed E-state index contributed by atoms with van der Waals surface area (Å²) >= 11 is 11.3. The molecule has 186 valence electrons. The van der Waals surface area contributed by atoms with Crippen LogP contribution in [-0.2, 0) is 11.4 Å². The number of ether oxygens (including phenoxy) is 3. The number of anilines is 1. The van der Waals surface area contributed by atoms with E-state index in [9.17, 15) is 4.79 Å². The molecule has 0 aromatic heterocycles. The Morgan fingerprint density at radius 1 is 1.00 bits per heavy atom. The van der Waals surface area contributed by atoms with E-state index >= 15 is 0 Å². The molecule has 3 N–H and O–H groups in total. The number of amides is 1. The molecule has 3 aromatic carbocycles. The van der Waals surface area contributed by atoms with Gasteiger partial charge in [0.2, 0.25) is 0 Å². The average Bonchev–Trinajstić information content (AvgIpc) is 2.88. The summed E-state index contributed by atoms with van der Waals surface area (Å²) in [6.45, 7) is 2.24. The number of allylic oxidation sites excluding steroid dienone is 1. The number of carbonyl (C=O) groups excluding carboxylic acids is 1. The summed E-state index contributed by atoms with van der Waals surface area (Å²) in [7, 11) is 3.11. The summed E-state index contributed by atoms with van der Waals surface area (Å²) in [6.07, 6.45) is 0. The Hall–Kier alpha value is -3.75. The van der Waals surface area contributed by atoms with Crippen LogP contribution in [0.5, 0.6) is 17.2 Å². The van der Waals surface area contributed by atoms with Gasteiger partial charge >= 0.3 is 0 Å². The van der Waals surface area contributed by atoms with Gasteiger partial charge in [0.25, 0.3) is 5.91 Å². The van der Waals surface area contributed by atoms with Crippen LogP contribution in [0.25, 0.3) is 0 Å². The minimum absolute atomic E-state index is 0.286. The van der Waals surface area contributed by atoms with Crippen molar-refractivity contribution in [3.8, 4) is 17.2 Å². The Kier molecular flexibility index (Phi) is 7.97. The lowest BCUT2D eigenvalue weighted by Gasteiger charge is -2.30. The van der Waals surface area contributed by atoms with Gasteiger partial charge in [0, 0.05) is 16.8 Å². The Morgan fingerprint density at radius 2 is 1.69 bits per heavy atom. The van der Waals surface area contributed by atoms with Gasteiger partial charge in [-0.2, -0.15) is 0 Å². The number of benzene rings is 3. The van der Waals surface area contributed by atoms with Crippen molar-refractivity contribution in [1.29, 1.82) is 0 Å². The van der Waals surface area contributed by atoms with Gasteiger partial charge in [-0.15, -0.1) is 0 Å². The number of nitrogens with one attached hydrogen (secondary N) is 3. The van der Waals surface area contributed by atoms with Gasteiger partial charge in [0.1, 0.15) is 23.9 Å². The third-order valence-corrected chi connectivity index (χ3v) is 6.17. The topological polar surface area (TPSA) is 80.9 Å². The fraction of sp³-hybridized carbons (Fsp3) is 0.185. The van der Waals surface area contributed by atoms with E-state index in [4.69, 9.17) is 38.0 Å². The van der Waals surface area contributed by atoms with Crippen LogP contribution in [0.1, 0.15) is 24.1 Å². The second-order valence-electron chi connectivity index (χ2n) is 8.07. The van der Waals surface area contributed by atoms with Crippen LogP contribution in [-0.4, -0.2) is 25.2 Å². The van der Waals surface area contributed by atoms with Crippen molar-refractivity contribution in [2.24, 2.45) is 0 Å². The lowest BCUT2D eigenvalue weighted by atomic mass is 9.95. The summed E-state index contributed by atoms with van der Waals surface area (Å²) in [5.41, 5.74) is 3.58. The molecule has 1 heterocycles. The molecule has 9 heteroatoms. The Balaban J connectivity index is 1.53. The molecule has 4 rings (SSSR count). The largest absolute Gasteiger partial charge is 0.497 e. The Bertz CT molecular complexity index is 1290. The van der Waals surface area contributed by atoms with E-state index in [2.05, 4.69) is 16.0 Å². The van der Waals surface area contributed by atoms with E-state index in [1.165, 1.54) is 7.11 Å². The summed E-state index contributed by atoms with van der Waals surface area (Å²) in [5.74, 6) is 1.54. The van der Waals surface area contributed by atoms with Crippen LogP contribution in [0.15, 0.2) is 78.0 Å². The molecule has 0 unspecified atom stereocenters. The SMILES string of the molecule is COc1ccc(NC(=O)C2=C(C)NC(=S)N[C@H]2c2ccc(OCc3ccc(Cl)cc3)cc2)c(OC)c1. The molecule has 1 aliphatic rings. The van der Waals surface area contributed by atoms with Crippen LogP contribution >= 0.6 is 23.8 Å². The van der Waals surface area contributed by atoms with Crippen molar-refractivity contribution in [3.63, 3.8) is 0 Å². The predicted octanol–water partition coefficient (Wildman–Crippen LogP) is 5.37. The van der Waals surface area contributed by atoms with E-state index in [-0.39, 0.29) is 5.91 Å². The predicted molar refractivity (Wildman–Crippen MR) is 145 cm³/mol. The zero-order valence-corrected chi connectivity index (χ0v) is 21.6. The number of methoxy groups -OCH3 is 2. The fourth-order valence-corrected chi connectivity index (χ4v) is 4.24. The fourth-order valence-electron chi connectivity index (χ4n) is 3.84. The van der Waals surface area contributed by atoms with Crippen molar-refractivity contribution < 1.29 is 19.0 Å². The summed E-state index contributed by atoms with van der Waals surface area (Å²) < 4.78 is 16.6. The van der Waals surface area contributed by atoms with E-state index in [0.717, 1.165) is 11.1 Å². The molecular formula is C27H26ClN3O4S. The Labute approximate surface area is 220 Å². The van der Waals surface area contributed by atoms with E-state index in [1.54, 1.807) is 25.3 Å². The smallest absolute Gasteiger partial charge is 0.255 e. The standard InChI is InChI=1S/C27H26ClN3O4S/c1-16-24(26(32)30-22-13-12-21(33-2)14-23(22)34-3)25(31-27(36)29-16)18-6-10-20(11-7-18)35-15-17-4-8-19(28)9-5-17/h4-14,25H,15H2,1-3H3,(H,30,32)(H2,29,31,36)/t25-/m0/s1. The van der Waals surface area contributed by atoms with E-state index in [0.29, 0.717) is 50.9 Å². The summed E-state index contributed by atoms with van der Waals surface area (Å²) in [5, 5.41) is 10.3. The summed E-state index contributed by atoms with van der Waals surface area (Å²) in [6, 6.07) is 19.8. The minimum atomic E-state index is -0.451. The van der Waals surface area contributed by atoms with Crippen LogP contribution in [0.2, 0.25) is 5.02 Å². The van der Waals surface area contributed by atoms with Crippen molar-refractivity contribution in [3.05, 3.63) is 94.1 Å². The molecule has 0 radical (unpaired) electrons. The molecule has 7 nitrogen and oxygen atoms in total. The summed E-state index contributed by atoms with van der Waals surface area (Å²) in [4.78, 5) is 13.4. The molecule has 3 aromatic rings. The molecule has 0 aliphatic carbocycles. The van der Waals surface area contributed by atoms with Crippen molar-refractivity contribution >= 4 is 40.5 Å². The second kappa shape index (κ2) is 11.3. The first kappa shape index (κ1) is 25.3. The third-order valence-electron chi connectivity index (χ3n) is 5.70. The van der Waals surface area contributed by atoms with Gasteiger partial charge in [0.15, 0.2) is 5.11 Å². The molecule has 0 spiro atoms. The van der Waals surface area contributed by atoms with E-state index < -0.39 is 6.04 Å². The first-order valence-electron chi connectivity index (χ1n) is 11.2. The highest BCUT2D eigenvalue weighted by molar-refractivity contribution is 7.80. The number of rotatable bonds is 8. The van der Waals surface area contributed by atoms with Crippen LogP contribution in [0, 0.1) is 0 Å². The van der Waals surface area contributed by atoms with Crippen molar-refractivity contribution in [2.45, 2.75) is 19.6 Å². The van der Waals surface area contributed by atoms with E-state index in [1.807, 2.05) is 55.5 Å². The lowest BCUT2D eigenvalue weighted by Crippen LogP contribution is -2.45. The number of halogens is 1. The molecule has 1 aliphatic heterocycles. The monoisotopic (exact) mass is 523 g/mol. The van der Waals surface area contributed by atoms with Gasteiger partial charge in [-0.1, -0.05) is 35.9 Å². The number of thiocarbonyl (C=S) groups is 1. The maximum atomic E-state index is 13.4. The number of hydrogen-bond donors (Lipinski definition) is 3. The molecule has 1 amide bonds. The van der Waals surface area contributed by atoms with Gasteiger partial charge in [0.05, 0.1) is 31.5 Å². The van der Waals surface area contributed by atoms with Gasteiger partial charge in [-0.25, -0.2) is 0 Å². The maximum Gasteiger partial charge on any atom is 0.255 e. The zero-order valence-electron chi connectivity index (χ0n) is 20.1. The molecule has 0 saturated heterocycles. The van der Waals surface area contributed by atoms with Gasteiger partial charge in [-0.3, -0.25) is 4.79 Å².